The Morgan fingerprint density at radius 2 is 1.94 bits per heavy atom. The monoisotopic (exact) mass is 240 g/mol. The minimum absolute atomic E-state index is 0.308. The molecule has 1 aromatic carbocycles. The zero-order valence-electron chi connectivity index (χ0n) is 9.55. The van der Waals surface area contributed by atoms with Crippen LogP contribution < -0.4 is 11.5 Å². The van der Waals surface area contributed by atoms with E-state index in [1.165, 1.54) is 0 Å². The molecule has 2 heterocycles. The summed E-state index contributed by atoms with van der Waals surface area (Å²) in [5.74, 6) is -0.213. The van der Waals surface area contributed by atoms with E-state index in [-0.39, 0.29) is 0 Å². The Morgan fingerprint density at radius 1 is 1.22 bits per heavy atom. The Kier molecular flexibility index (Phi) is 2.13. The topological polar surface area (TPSA) is 89.8 Å². The molecular formula is C13H12N4O. The van der Waals surface area contributed by atoms with Crippen LogP contribution in [0.4, 0.5) is 5.82 Å². The maximum atomic E-state index is 11.3. The van der Waals surface area contributed by atoms with E-state index in [1.54, 1.807) is 0 Å². The summed E-state index contributed by atoms with van der Waals surface area (Å²) < 4.78 is 1.97. The Labute approximate surface area is 103 Å². The normalized spacial score (nSPS) is 10.9. The number of carbonyl (C=O) groups excluding carboxylic acids is 1. The van der Waals surface area contributed by atoms with E-state index < -0.39 is 5.91 Å². The molecule has 18 heavy (non-hydrogen) atoms. The SMILES string of the molecule is NC(=O)c1c(N)[nH]c2cc(-n3cccc3)ccc12. The molecule has 3 aromatic rings. The van der Waals surface area contributed by atoms with E-state index in [0.29, 0.717) is 11.4 Å². The smallest absolute Gasteiger partial charge is 0.253 e. The van der Waals surface area contributed by atoms with Crippen molar-refractivity contribution in [1.29, 1.82) is 0 Å². The lowest BCUT2D eigenvalue weighted by Crippen LogP contribution is -2.12. The van der Waals surface area contributed by atoms with E-state index in [4.69, 9.17) is 11.5 Å². The van der Waals surface area contributed by atoms with Gasteiger partial charge in [-0.05, 0) is 30.3 Å². The Morgan fingerprint density at radius 3 is 2.61 bits per heavy atom. The molecule has 0 saturated carbocycles. The lowest BCUT2D eigenvalue weighted by molar-refractivity contribution is 0.100. The van der Waals surface area contributed by atoms with Gasteiger partial charge in [0.15, 0.2) is 0 Å². The number of nitrogen functional groups attached to an aromatic ring is 1. The minimum atomic E-state index is -0.521. The predicted molar refractivity (Wildman–Crippen MR) is 70.6 cm³/mol. The quantitative estimate of drug-likeness (QED) is 0.635. The zero-order valence-corrected chi connectivity index (χ0v) is 9.55. The van der Waals surface area contributed by atoms with Gasteiger partial charge in [0.25, 0.3) is 5.91 Å². The van der Waals surface area contributed by atoms with Gasteiger partial charge in [-0.1, -0.05) is 0 Å². The number of nitrogens with one attached hydrogen (secondary N) is 1. The highest BCUT2D eigenvalue weighted by Gasteiger charge is 2.14. The number of fused-ring (bicyclic) bond motifs is 1. The Bertz CT molecular complexity index is 725. The molecule has 1 amide bonds. The number of rotatable bonds is 2. The molecule has 3 rings (SSSR count). The second-order valence-corrected chi connectivity index (χ2v) is 4.10. The predicted octanol–water partition coefficient (Wildman–Crippen LogP) is 1.64. The van der Waals surface area contributed by atoms with Gasteiger partial charge in [0.1, 0.15) is 5.82 Å². The molecule has 90 valence electrons. The van der Waals surface area contributed by atoms with Crippen LogP contribution in [0.2, 0.25) is 0 Å². The molecule has 2 aromatic heterocycles. The Hall–Kier alpha value is -2.69. The number of amides is 1. The molecule has 0 aliphatic carbocycles. The molecule has 0 fully saturated rings. The first-order valence-electron chi connectivity index (χ1n) is 5.51. The van der Waals surface area contributed by atoms with Gasteiger partial charge in [-0.25, -0.2) is 0 Å². The summed E-state index contributed by atoms with van der Waals surface area (Å²) in [5, 5.41) is 0.746. The third-order valence-electron chi connectivity index (χ3n) is 2.96. The van der Waals surface area contributed by atoms with Gasteiger partial charge in [0.05, 0.1) is 5.56 Å². The first kappa shape index (κ1) is 10.5. The molecular weight excluding hydrogens is 228 g/mol. The highest BCUT2D eigenvalue weighted by molar-refractivity contribution is 6.10. The fourth-order valence-electron chi connectivity index (χ4n) is 2.14. The molecule has 5 N–H and O–H groups in total. The van der Waals surface area contributed by atoms with Crippen molar-refractivity contribution in [2.75, 3.05) is 5.73 Å². The number of benzene rings is 1. The number of primary amides is 1. The van der Waals surface area contributed by atoms with Gasteiger partial charge >= 0.3 is 0 Å². The van der Waals surface area contributed by atoms with Crippen LogP contribution in [0.3, 0.4) is 0 Å². The number of anilines is 1. The van der Waals surface area contributed by atoms with Gasteiger partial charge in [0, 0.05) is 29.0 Å². The molecule has 0 saturated heterocycles. The van der Waals surface area contributed by atoms with Gasteiger partial charge in [-0.2, -0.15) is 0 Å². The summed E-state index contributed by atoms with van der Waals surface area (Å²) in [4.78, 5) is 14.3. The van der Waals surface area contributed by atoms with Crippen LogP contribution in [0.15, 0.2) is 42.7 Å². The molecule has 0 unspecified atom stereocenters. The number of hydrogen-bond donors (Lipinski definition) is 3. The van der Waals surface area contributed by atoms with Crippen molar-refractivity contribution in [3.05, 3.63) is 48.3 Å². The van der Waals surface area contributed by atoms with E-state index in [9.17, 15) is 4.79 Å². The van der Waals surface area contributed by atoms with Crippen molar-refractivity contribution in [2.45, 2.75) is 0 Å². The van der Waals surface area contributed by atoms with Crippen molar-refractivity contribution in [1.82, 2.24) is 9.55 Å². The van der Waals surface area contributed by atoms with Crippen molar-refractivity contribution in [2.24, 2.45) is 5.73 Å². The van der Waals surface area contributed by atoms with Crippen LogP contribution in [0.1, 0.15) is 10.4 Å². The van der Waals surface area contributed by atoms with Crippen LogP contribution in [0.25, 0.3) is 16.6 Å². The third kappa shape index (κ3) is 1.45. The van der Waals surface area contributed by atoms with Crippen LogP contribution >= 0.6 is 0 Å². The van der Waals surface area contributed by atoms with E-state index in [1.807, 2.05) is 47.3 Å². The Balaban J connectivity index is 2.23. The number of H-pyrrole nitrogens is 1. The molecule has 0 bridgehead atoms. The lowest BCUT2D eigenvalue weighted by Gasteiger charge is -2.02. The number of nitrogens with zero attached hydrogens (tertiary/aromatic N) is 1. The average molecular weight is 240 g/mol. The second kappa shape index (κ2) is 3.66. The summed E-state index contributed by atoms with van der Waals surface area (Å²) >= 11 is 0. The van der Waals surface area contributed by atoms with Crippen molar-refractivity contribution >= 4 is 22.6 Å². The molecule has 5 nitrogen and oxygen atoms in total. The molecule has 0 spiro atoms. The number of aromatic nitrogens is 2. The lowest BCUT2D eigenvalue weighted by atomic mass is 10.1. The van der Waals surface area contributed by atoms with E-state index in [0.717, 1.165) is 16.6 Å². The van der Waals surface area contributed by atoms with Gasteiger partial charge < -0.3 is 21.0 Å². The minimum Gasteiger partial charge on any atom is -0.385 e. The van der Waals surface area contributed by atoms with E-state index >= 15 is 0 Å². The summed E-state index contributed by atoms with van der Waals surface area (Å²) in [7, 11) is 0. The first-order chi connectivity index (χ1) is 8.66. The molecule has 0 radical (unpaired) electrons. The molecule has 0 aliphatic rings. The fourth-order valence-corrected chi connectivity index (χ4v) is 2.14. The largest absolute Gasteiger partial charge is 0.385 e. The fraction of sp³-hybridized carbons (Fsp3) is 0. The van der Waals surface area contributed by atoms with Gasteiger partial charge in [-0.15, -0.1) is 0 Å². The number of nitrogens with two attached hydrogens (primary N) is 2. The number of carbonyl (C=O) groups is 1. The second-order valence-electron chi connectivity index (χ2n) is 4.10. The van der Waals surface area contributed by atoms with Crippen LogP contribution in [-0.4, -0.2) is 15.5 Å². The third-order valence-corrected chi connectivity index (χ3v) is 2.96. The highest BCUT2D eigenvalue weighted by atomic mass is 16.1. The van der Waals surface area contributed by atoms with Gasteiger partial charge in [-0.3, -0.25) is 4.79 Å². The number of hydrogen-bond acceptors (Lipinski definition) is 2. The highest BCUT2D eigenvalue weighted by Crippen LogP contribution is 2.25. The number of aromatic amines is 1. The zero-order chi connectivity index (χ0) is 12.7. The first-order valence-corrected chi connectivity index (χ1v) is 5.51. The average Bonchev–Trinajstić information content (AvgIpc) is 2.92. The maximum absolute atomic E-state index is 11.3. The van der Waals surface area contributed by atoms with Crippen LogP contribution in [-0.2, 0) is 0 Å². The standard InChI is InChI=1S/C13H12N4O/c14-12-11(13(15)18)9-4-3-8(7-10(9)16-12)17-5-1-2-6-17/h1-7,16H,14H2,(H2,15,18). The van der Waals surface area contributed by atoms with Crippen molar-refractivity contribution in [3.8, 4) is 5.69 Å². The summed E-state index contributed by atoms with van der Waals surface area (Å²) in [5.41, 5.74) is 13.2. The van der Waals surface area contributed by atoms with Crippen LogP contribution in [0, 0.1) is 0 Å². The molecule has 0 atom stereocenters. The van der Waals surface area contributed by atoms with Crippen molar-refractivity contribution < 1.29 is 4.79 Å². The van der Waals surface area contributed by atoms with Crippen LogP contribution in [0.5, 0.6) is 0 Å². The molecule has 0 aliphatic heterocycles. The summed E-state index contributed by atoms with van der Waals surface area (Å²) in [6, 6.07) is 9.59. The van der Waals surface area contributed by atoms with Gasteiger partial charge in [0.2, 0.25) is 0 Å². The summed E-state index contributed by atoms with van der Waals surface area (Å²) in [6.45, 7) is 0. The van der Waals surface area contributed by atoms with Crippen molar-refractivity contribution in [3.63, 3.8) is 0 Å². The maximum Gasteiger partial charge on any atom is 0.253 e. The van der Waals surface area contributed by atoms with E-state index in [2.05, 4.69) is 4.98 Å². The molecule has 5 heteroatoms. The summed E-state index contributed by atoms with van der Waals surface area (Å²) in [6.07, 6.45) is 3.89.